The van der Waals surface area contributed by atoms with Gasteiger partial charge in [-0.25, -0.2) is 18.2 Å². The van der Waals surface area contributed by atoms with E-state index in [1.165, 1.54) is 17.0 Å². The Morgan fingerprint density at radius 1 is 1.30 bits per heavy atom. The van der Waals surface area contributed by atoms with Crippen molar-refractivity contribution in [3.05, 3.63) is 42.0 Å². The number of hydrogen-bond acceptors (Lipinski definition) is 3. The Morgan fingerprint density at radius 3 is 2.55 bits per heavy atom. The van der Waals surface area contributed by atoms with Crippen LogP contribution >= 0.6 is 0 Å². The second-order valence-corrected chi connectivity index (χ2v) is 4.34. The van der Waals surface area contributed by atoms with E-state index in [4.69, 9.17) is 4.74 Å². The molecule has 20 heavy (non-hydrogen) atoms. The summed E-state index contributed by atoms with van der Waals surface area (Å²) < 4.78 is 45.9. The SMILES string of the molecule is COCC(C)Nc1nccn1-c1cc(F)c(F)c(F)c1. The topological polar surface area (TPSA) is 39.1 Å². The van der Waals surface area contributed by atoms with Gasteiger partial charge in [0.05, 0.1) is 12.3 Å². The number of rotatable bonds is 5. The van der Waals surface area contributed by atoms with Crippen molar-refractivity contribution in [3.8, 4) is 5.69 Å². The predicted octanol–water partition coefficient (Wildman–Crippen LogP) is 2.74. The fourth-order valence-corrected chi connectivity index (χ4v) is 1.81. The summed E-state index contributed by atoms with van der Waals surface area (Å²) in [6.45, 7) is 2.31. The fraction of sp³-hybridized carbons (Fsp3) is 0.308. The molecule has 0 aliphatic carbocycles. The Bertz CT molecular complexity index is 577. The fourth-order valence-electron chi connectivity index (χ4n) is 1.81. The van der Waals surface area contributed by atoms with Gasteiger partial charge in [-0.15, -0.1) is 0 Å². The number of aromatic nitrogens is 2. The highest BCUT2D eigenvalue weighted by molar-refractivity contribution is 5.43. The summed E-state index contributed by atoms with van der Waals surface area (Å²) in [4.78, 5) is 4.05. The van der Waals surface area contributed by atoms with Crippen molar-refractivity contribution in [1.82, 2.24) is 9.55 Å². The zero-order chi connectivity index (χ0) is 14.7. The standard InChI is InChI=1S/C13H14F3N3O/c1-8(7-20-2)18-13-17-3-4-19(13)9-5-10(14)12(16)11(15)6-9/h3-6,8H,7H2,1-2H3,(H,17,18). The molecule has 4 nitrogen and oxygen atoms in total. The number of methoxy groups -OCH3 is 1. The molecule has 0 saturated heterocycles. The highest BCUT2D eigenvalue weighted by Crippen LogP contribution is 2.20. The van der Waals surface area contributed by atoms with Gasteiger partial charge in [-0.3, -0.25) is 4.57 Å². The molecule has 2 rings (SSSR count). The first-order valence-corrected chi connectivity index (χ1v) is 5.96. The number of halogens is 3. The monoisotopic (exact) mass is 285 g/mol. The van der Waals surface area contributed by atoms with Crippen molar-refractivity contribution in [1.29, 1.82) is 0 Å². The Hall–Kier alpha value is -2.02. The summed E-state index contributed by atoms with van der Waals surface area (Å²) in [6, 6.07) is 1.77. The van der Waals surface area contributed by atoms with E-state index in [0.717, 1.165) is 12.1 Å². The van der Waals surface area contributed by atoms with Gasteiger partial charge in [-0.1, -0.05) is 0 Å². The van der Waals surface area contributed by atoms with E-state index in [-0.39, 0.29) is 11.7 Å². The normalized spacial score (nSPS) is 12.4. The van der Waals surface area contributed by atoms with Crippen molar-refractivity contribution < 1.29 is 17.9 Å². The summed E-state index contributed by atoms with van der Waals surface area (Å²) in [5, 5.41) is 3.03. The zero-order valence-electron chi connectivity index (χ0n) is 11.0. The summed E-state index contributed by atoms with van der Waals surface area (Å²) in [5.41, 5.74) is 0.144. The minimum absolute atomic E-state index is 0.0451. The van der Waals surface area contributed by atoms with Crippen LogP contribution in [0.4, 0.5) is 19.1 Å². The van der Waals surface area contributed by atoms with E-state index in [2.05, 4.69) is 10.3 Å². The first-order valence-electron chi connectivity index (χ1n) is 5.96. The Morgan fingerprint density at radius 2 is 1.95 bits per heavy atom. The molecule has 0 bridgehead atoms. The maximum absolute atomic E-state index is 13.3. The van der Waals surface area contributed by atoms with Crippen LogP contribution < -0.4 is 5.32 Å². The highest BCUT2D eigenvalue weighted by Gasteiger charge is 2.14. The van der Waals surface area contributed by atoms with Gasteiger partial charge >= 0.3 is 0 Å². The molecule has 1 aromatic carbocycles. The number of imidazole rings is 1. The smallest absolute Gasteiger partial charge is 0.207 e. The third kappa shape index (κ3) is 2.93. The average molecular weight is 285 g/mol. The van der Waals surface area contributed by atoms with Gasteiger partial charge in [0, 0.05) is 37.7 Å². The number of benzene rings is 1. The molecule has 7 heteroatoms. The molecule has 1 aromatic heterocycles. The lowest BCUT2D eigenvalue weighted by Gasteiger charge is -2.15. The van der Waals surface area contributed by atoms with E-state index in [9.17, 15) is 13.2 Å². The molecule has 0 aliphatic rings. The molecule has 0 radical (unpaired) electrons. The van der Waals surface area contributed by atoms with Gasteiger partial charge < -0.3 is 10.1 Å². The number of nitrogens with one attached hydrogen (secondary N) is 1. The molecule has 1 heterocycles. The summed E-state index contributed by atoms with van der Waals surface area (Å²) in [6.07, 6.45) is 3.00. The van der Waals surface area contributed by atoms with Crippen molar-refractivity contribution in [2.45, 2.75) is 13.0 Å². The highest BCUT2D eigenvalue weighted by atomic mass is 19.2. The number of hydrogen-bond donors (Lipinski definition) is 1. The van der Waals surface area contributed by atoms with Crippen LogP contribution in [-0.4, -0.2) is 29.3 Å². The van der Waals surface area contributed by atoms with Crippen molar-refractivity contribution in [3.63, 3.8) is 0 Å². The van der Waals surface area contributed by atoms with E-state index in [1.54, 1.807) is 7.11 Å². The first-order chi connectivity index (χ1) is 9.52. The molecule has 0 amide bonds. The second kappa shape index (κ2) is 5.96. The van der Waals surface area contributed by atoms with E-state index in [1.807, 2.05) is 6.92 Å². The second-order valence-electron chi connectivity index (χ2n) is 4.34. The summed E-state index contributed by atoms with van der Waals surface area (Å²) >= 11 is 0. The number of ether oxygens (including phenoxy) is 1. The van der Waals surface area contributed by atoms with Gasteiger partial charge in [-0.2, -0.15) is 0 Å². The van der Waals surface area contributed by atoms with Crippen molar-refractivity contribution >= 4 is 5.95 Å². The van der Waals surface area contributed by atoms with Gasteiger partial charge in [0.2, 0.25) is 5.95 Å². The van der Waals surface area contributed by atoms with Gasteiger partial charge in [0.25, 0.3) is 0 Å². The van der Waals surface area contributed by atoms with E-state index in [0.29, 0.717) is 12.6 Å². The lowest BCUT2D eigenvalue weighted by Crippen LogP contribution is -2.22. The van der Waals surface area contributed by atoms with Crippen LogP contribution in [0.2, 0.25) is 0 Å². The van der Waals surface area contributed by atoms with Crippen LogP contribution in [0.25, 0.3) is 5.69 Å². The minimum atomic E-state index is -1.49. The molecule has 0 saturated carbocycles. The maximum atomic E-state index is 13.3. The Balaban J connectivity index is 2.32. The predicted molar refractivity (Wildman–Crippen MR) is 68.4 cm³/mol. The third-order valence-corrected chi connectivity index (χ3v) is 2.68. The Labute approximate surface area is 114 Å². The molecule has 0 aliphatic heterocycles. The van der Waals surface area contributed by atoms with Crippen LogP contribution in [0, 0.1) is 17.5 Å². The molecule has 1 atom stereocenters. The van der Waals surface area contributed by atoms with Crippen LogP contribution in [0.3, 0.4) is 0 Å². The largest absolute Gasteiger partial charge is 0.383 e. The van der Waals surface area contributed by atoms with E-state index >= 15 is 0 Å². The zero-order valence-corrected chi connectivity index (χ0v) is 11.0. The van der Waals surface area contributed by atoms with Crippen molar-refractivity contribution in [2.75, 3.05) is 19.0 Å². The lowest BCUT2D eigenvalue weighted by atomic mass is 10.3. The van der Waals surface area contributed by atoms with Gasteiger partial charge in [-0.05, 0) is 6.92 Å². The van der Waals surface area contributed by atoms with Gasteiger partial charge in [0.15, 0.2) is 17.5 Å². The summed E-state index contributed by atoms with van der Waals surface area (Å²) in [7, 11) is 1.56. The maximum Gasteiger partial charge on any atom is 0.207 e. The third-order valence-electron chi connectivity index (χ3n) is 2.68. The number of nitrogens with zero attached hydrogens (tertiary/aromatic N) is 2. The van der Waals surface area contributed by atoms with Crippen LogP contribution in [0.15, 0.2) is 24.5 Å². The van der Waals surface area contributed by atoms with E-state index < -0.39 is 17.5 Å². The quantitative estimate of drug-likeness (QED) is 0.859. The molecule has 0 fully saturated rings. The molecule has 1 unspecified atom stereocenters. The Kier molecular flexibility index (Phi) is 4.29. The molecular formula is C13H14F3N3O. The molecular weight excluding hydrogens is 271 g/mol. The summed E-state index contributed by atoms with van der Waals surface area (Å²) in [5.74, 6) is -3.59. The molecule has 0 spiro atoms. The first kappa shape index (κ1) is 14.4. The van der Waals surface area contributed by atoms with Crippen molar-refractivity contribution in [2.24, 2.45) is 0 Å². The number of anilines is 1. The lowest BCUT2D eigenvalue weighted by molar-refractivity contribution is 0.190. The molecule has 2 aromatic rings. The average Bonchev–Trinajstić information content (AvgIpc) is 2.83. The van der Waals surface area contributed by atoms with Crippen LogP contribution in [0.5, 0.6) is 0 Å². The van der Waals surface area contributed by atoms with Gasteiger partial charge in [0.1, 0.15) is 0 Å². The minimum Gasteiger partial charge on any atom is -0.383 e. The molecule has 108 valence electrons. The van der Waals surface area contributed by atoms with Crippen LogP contribution in [0.1, 0.15) is 6.92 Å². The van der Waals surface area contributed by atoms with Crippen LogP contribution in [-0.2, 0) is 4.74 Å². The molecule has 1 N–H and O–H groups in total.